The van der Waals surface area contributed by atoms with Crippen LogP contribution in [0, 0.1) is 12.3 Å². The fourth-order valence-corrected chi connectivity index (χ4v) is 4.01. The minimum Gasteiger partial charge on any atom is -0.311 e. The van der Waals surface area contributed by atoms with Crippen LogP contribution in [0.5, 0.6) is 0 Å². The van der Waals surface area contributed by atoms with Gasteiger partial charge in [-0.15, -0.1) is 6.42 Å². The second-order valence-electron chi connectivity index (χ2n) is 7.73. The minimum atomic E-state index is -1.07. The standard InChI is InChI=1S/C20H20N4O2/c1-5-10-23-15-9-7-6-8-13(15)20(18(23)26)11-16(25)22-17-14(20)12-21-24(17)19(2,3)4/h1,6-9,12H,10-11H2,2-4H3,(H,22,25). The lowest BCUT2D eigenvalue weighted by Crippen LogP contribution is -2.47. The van der Waals surface area contributed by atoms with Crippen LogP contribution in [-0.4, -0.2) is 28.1 Å². The summed E-state index contributed by atoms with van der Waals surface area (Å²) in [6.07, 6.45) is 7.24. The van der Waals surface area contributed by atoms with Crippen LogP contribution in [0.3, 0.4) is 0 Å². The molecule has 1 aromatic carbocycles. The summed E-state index contributed by atoms with van der Waals surface area (Å²) >= 11 is 0. The monoisotopic (exact) mass is 348 g/mol. The van der Waals surface area contributed by atoms with E-state index in [0.29, 0.717) is 5.82 Å². The molecule has 0 saturated heterocycles. The molecular weight excluding hydrogens is 328 g/mol. The number of rotatable bonds is 1. The fraction of sp³-hybridized carbons (Fsp3) is 0.350. The lowest BCUT2D eigenvalue weighted by molar-refractivity contribution is -0.126. The number of anilines is 2. The van der Waals surface area contributed by atoms with E-state index in [-0.39, 0.29) is 30.3 Å². The molecule has 4 rings (SSSR count). The van der Waals surface area contributed by atoms with Crippen LogP contribution in [-0.2, 0) is 20.5 Å². The highest BCUT2D eigenvalue weighted by Crippen LogP contribution is 2.52. The summed E-state index contributed by atoms with van der Waals surface area (Å²) in [7, 11) is 0. The van der Waals surface area contributed by atoms with Crippen LogP contribution in [0.4, 0.5) is 11.5 Å². The number of hydrogen-bond acceptors (Lipinski definition) is 3. The molecule has 0 bridgehead atoms. The summed E-state index contributed by atoms with van der Waals surface area (Å²) in [5.41, 5.74) is 0.890. The molecule has 2 amide bonds. The van der Waals surface area contributed by atoms with E-state index in [1.54, 1.807) is 15.8 Å². The molecule has 6 nitrogen and oxygen atoms in total. The van der Waals surface area contributed by atoms with Crippen LogP contribution in [0.1, 0.15) is 38.3 Å². The normalized spacial score (nSPS) is 21.4. The summed E-state index contributed by atoms with van der Waals surface area (Å²) in [5, 5.41) is 7.41. The third-order valence-corrected chi connectivity index (χ3v) is 5.06. The molecule has 3 heterocycles. The van der Waals surface area contributed by atoms with Crippen molar-refractivity contribution >= 4 is 23.3 Å². The van der Waals surface area contributed by atoms with E-state index < -0.39 is 5.41 Å². The van der Waals surface area contributed by atoms with Crippen LogP contribution in [0.25, 0.3) is 0 Å². The Balaban J connectivity index is 2.02. The van der Waals surface area contributed by atoms with E-state index in [9.17, 15) is 9.59 Å². The maximum absolute atomic E-state index is 13.5. The first-order chi connectivity index (χ1) is 12.3. The predicted octanol–water partition coefficient (Wildman–Crippen LogP) is 2.25. The van der Waals surface area contributed by atoms with Gasteiger partial charge in [-0.2, -0.15) is 5.10 Å². The number of carbonyl (C=O) groups is 2. The molecule has 1 spiro atoms. The Hall–Kier alpha value is -3.07. The van der Waals surface area contributed by atoms with Crippen molar-refractivity contribution in [2.45, 2.75) is 38.1 Å². The summed E-state index contributed by atoms with van der Waals surface area (Å²) < 4.78 is 1.76. The first-order valence-corrected chi connectivity index (χ1v) is 8.54. The molecule has 1 N–H and O–H groups in total. The van der Waals surface area contributed by atoms with Crippen molar-refractivity contribution in [2.24, 2.45) is 0 Å². The Morgan fingerprint density at radius 1 is 1.27 bits per heavy atom. The predicted molar refractivity (Wildman–Crippen MR) is 98.9 cm³/mol. The molecule has 2 aliphatic rings. The molecule has 0 aliphatic carbocycles. The van der Waals surface area contributed by atoms with Gasteiger partial charge >= 0.3 is 0 Å². The Labute approximate surface area is 152 Å². The minimum absolute atomic E-state index is 0.0484. The van der Waals surface area contributed by atoms with Gasteiger partial charge in [0.25, 0.3) is 0 Å². The Morgan fingerprint density at radius 3 is 2.69 bits per heavy atom. The third kappa shape index (κ3) is 1.97. The first kappa shape index (κ1) is 16.4. The highest BCUT2D eigenvalue weighted by Gasteiger charge is 2.57. The average molecular weight is 348 g/mol. The van der Waals surface area contributed by atoms with Gasteiger partial charge < -0.3 is 5.32 Å². The van der Waals surface area contributed by atoms with Gasteiger partial charge in [-0.05, 0) is 32.4 Å². The molecule has 1 atom stereocenters. The molecule has 0 saturated carbocycles. The third-order valence-electron chi connectivity index (χ3n) is 5.06. The number of fused-ring (bicyclic) bond motifs is 4. The van der Waals surface area contributed by atoms with E-state index in [0.717, 1.165) is 16.8 Å². The van der Waals surface area contributed by atoms with Crippen LogP contribution in [0.2, 0.25) is 0 Å². The fourth-order valence-electron chi connectivity index (χ4n) is 4.01. The van der Waals surface area contributed by atoms with Gasteiger partial charge in [0.2, 0.25) is 11.8 Å². The van der Waals surface area contributed by atoms with Gasteiger partial charge in [-0.1, -0.05) is 24.1 Å². The maximum Gasteiger partial charge on any atom is 0.243 e. The zero-order valence-electron chi connectivity index (χ0n) is 15.0. The summed E-state index contributed by atoms with van der Waals surface area (Å²) in [5.74, 6) is 2.77. The van der Waals surface area contributed by atoms with E-state index >= 15 is 0 Å². The molecular formula is C20H20N4O2. The van der Waals surface area contributed by atoms with Crippen molar-refractivity contribution in [3.8, 4) is 12.3 Å². The summed E-state index contributed by atoms with van der Waals surface area (Å²) in [6.45, 7) is 6.18. The summed E-state index contributed by atoms with van der Waals surface area (Å²) in [6, 6.07) is 7.53. The van der Waals surface area contributed by atoms with Crippen molar-refractivity contribution in [1.29, 1.82) is 0 Å². The van der Waals surface area contributed by atoms with Crippen molar-refractivity contribution in [2.75, 3.05) is 16.8 Å². The number of benzene rings is 1. The first-order valence-electron chi connectivity index (χ1n) is 8.54. The SMILES string of the molecule is C#CCN1C(=O)C2(CC(=O)Nc3c2cnn3C(C)(C)C)c2ccccc21. The largest absolute Gasteiger partial charge is 0.311 e. The number of hydrogen-bond donors (Lipinski definition) is 1. The second kappa shape index (κ2) is 5.21. The summed E-state index contributed by atoms with van der Waals surface area (Å²) in [4.78, 5) is 27.7. The van der Waals surface area contributed by atoms with Crippen molar-refractivity contribution < 1.29 is 9.59 Å². The lowest BCUT2D eigenvalue weighted by Gasteiger charge is -2.33. The smallest absolute Gasteiger partial charge is 0.243 e. The number of terminal acetylenes is 1. The van der Waals surface area contributed by atoms with Gasteiger partial charge in [-0.25, -0.2) is 4.68 Å². The van der Waals surface area contributed by atoms with Crippen LogP contribution >= 0.6 is 0 Å². The average Bonchev–Trinajstić information content (AvgIpc) is 3.10. The van der Waals surface area contributed by atoms with Crippen molar-refractivity contribution in [3.63, 3.8) is 0 Å². The van der Waals surface area contributed by atoms with Gasteiger partial charge in [-0.3, -0.25) is 14.5 Å². The number of aromatic nitrogens is 2. The van der Waals surface area contributed by atoms with Gasteiger partial charge in [0.1, 0.15) is 11.2 Å². The molecule has 1 aromatic heterocycles. The number of amides is 2. The number of carbonyl (C=O) groups excluding carboxylic acids is 2. The molecule has 0 radical (unpaired) electrons. The Bertz CT molecular complexity index is 976. The second-order valence-corrected chi connectivity index (χ2v) is 7.73. The van der Waals surface area contributed by atoms with Gasteiger partial charge in [0.05, 0.1) is 18.3 Å². The number of para-hydroxylation sites is 1. The number of nitrogens with one attached hydrogen (secondary N) is 1. The zero-order valence-corrected chi connectivity index (χ0v) is 15.0. The number of nitrogens with zero attached hydrogens (tertiary/aromatic N) is 3. The highest BCUT2D eigenvalue weighted by molar-refractivity contribution is 6.15. The van der Waals surface area contributed by atoms with Crippen molar-refractivity contribution in [3.05, 3.63) is 41.6 Å². The molecule has 2 aromatic rings. The molecule has 2 aliphatic heterocycles. The van der Waals surface area contributed by atoms with E-state index in [1.807, 2.05) is 45.0 Å². The van der Waals surface area contributed by atoms with Gasteiger partial charge in [0, 0.05) is 17.7 Å². The van der Waals surface area contributed by atoms with E-state index in [1.165, 1.54) is 0 Å². The van der Waals surface area contributed by atoms with Crippen molar-refractivity contribution in [1.82, 2.24) is 9.78 Å². The molecule has 0 fully saturated rings. The van der Waals surface area contributed by atoms with Crippen LogP contribution in [0.15, 0.2) is 30.5 Å². The lowest BCUT2D eigenvalue weighted by atomic mass is 9.72. The molecule has 132 valence electrons. The Morgan fingerprint density at radius 2 is 2.00 bits per heavy atom. The highest BCUT2D eigenvalue weighted by atomic mass is 16.2. The van der Waals surface area contributed by atoms with E-state index in [2.05, 4.69) is 16.3 Å². The van der Waals surface area contributed by atoms with E-state index in [4.69, 9.17) is 6.42 Å². The van der Waals surface area contributed by atoms with Gasteiger partial charge in [0.15, 0.2) is 0 Å². The Kier molecular flexibility index (Phi) is 3.29. The van der Waals surface area contributed by atoms with Crippen LogP contribution < -0.4 is 10.2 Å². The quantitative estimate of drug-likeness (QED) is 0.804. The molecule has 6 heteroatoms. The maximum atomic E-state index is 13.5. The molecule has 1 unspecified atom stereocenters. The zero-order chi connectivity index (χ0) is 18.7. The topological polar surface area (TPSA) is 67.2 Å². The molecule has 26 heavy (non-hydrogen) atoms.